The second-order valence-electron chi connectivity index (χ2n) is 9.21. The van der Waals surface area contributed by atoms with Crippen LogP contribution in [0.2, 0.25) is 0 Å². The van der Waals surface area contributed by atoms with E-state index in [4.69, 9.17) is 9.40 Å². The Morgan fingerprint density at radius 2 is 1.63 bits per heavy atom. The topological polar surface area (TPSA) is 87.0 Å². The molecule has 9 heteroatoms. The second kappa shape index (κ2) is 8.58. The minimum atomic E-state index is -0.594. The molecule has 0 spiro atoms. The minimum absolute atomic E-state index is 0.00923. The first-order valence-electron chi connectivity index (χ1n) is 12.0. The molecule has 0 atom stereocenters. The van der Waals surface area contributed by atoms with Crippen molar-refractivity contribution in [1.29, 1.82) is 0 Å². The Balaban J connectivity index is 1.56. The lowest BCUT2D eigenvalue weighted by Gasteiger charge is -2.10. The number of aryl methyl sites for hydroxylation is 3. The van der Waals surface area contributed by atoms with E-state index >= 15 is 0 Å². The van der Waals surface area contributed by atoms with Crippen LogP contribution in [-0.2, 0) is 14.1 Å². The van der Waals surface area contributed by atoms with E-state index in [-0.39, 0.29) is 11.3 Å². The molecule has 0 aliphatic heterocycles. The predicted octanol–water partition coefficient (Wildman–Crippen LogP) is 4.95. The molecule has 3 aromatic carbocycles. The number of benzene rings is 3. The average Bonchev–Trinajstić information content (AvgIpc) is 3.58. The van der Waals surface area contributed by atoms with Gasteiger partial charge in [0.25, 0.3) is 5.91 Å². The van der Waals surface area contributed by atoms with Gasteiger partial charge in [0.2, 0.25) is 0 Å². The van der Waals surface area contributed by atoms with Gasteiger partial charge in [-0.15, -0.1) is 0 Å². The number of aromatic nitrogens is 4. The summed E-state index contributed by atoms with van der Waals surface area (Å²) in [6.07, 6.45) is 1.63. The lowest BCUT2D eigenvalue weighted by atomic mass is 10.0. The molecule has 0 bridgehead atoms. The van der Waals surface area contributed by atoms with Crippen molar-refractivity contribution < 1.29 is 13.6 Å². The van der Waals surface area contributed by atoms with Crippen LogP contribution in [0.1, 0.15) is 16.1 Å². The molecule has 0 fully saturated rings. The molecule has 190 valence electrons. The van der Waals surface area contributed by atoms with Gasteiger partial charge in [-0.1, -0.05) is 12.1 Å². The summed E-state index contributed by atoms with van der Waals surface area (Å²) in [5.41, 5.74) is 6.14. The van der Waals surface area contributed by atoms with E-state index < -0.39 is 11.7 Å². The van der Waals surface area contributed by atoms with Gasteiger partial charge in [-0.05, 0) is 66.6 Å². The van der Waals surface area contributed by atoms with Crippen molar-refractivity contribution >= 4 is 28.0 Å². The van der Waals surface area contributed by atoms with E-state index in [1.807, 2.05) is 54.0 Å². The summed E-state index contributed by atoms with van der Waals surface area (Å²) >= 11 is 0. The lowest BCUT2D eigenvalue weighted by molar-refractivity contribution is 0.0959. The summed E-state index contributed by atoms with van der Waals surface area (Å²) in [6, 6.07) is 18.0. The van der Waals surface area contributed by atoms with E-state index in [2.05, 4.69) is 5.32 Å². The zero-order chi connectivity index (χ0) is 26.7. The standard InChI is InChI=1S/C29H24FN5O3/c1-16-20(11-12-38-16)27-32-23-14-18(17-5-8-21(22(30)13-17)28(36)31-2)6-9-24(23)35(27)19-7-10-25-26(15-19)34(4)29(37)33(25)3/h5-15H,1-4H3,(H,31,36). The van der Waals surface area contributed by atoms with Gasteiger partial charge in [0.1, 0.15) is 17.4 Å². The van der Waals surface area contributed by atoms with E-state index in [1.165, 1.54) is 19.2 Å². The molecule has 0 radical (unpaired) electrons. The van der Waals surface area contributed by atoms with Crippen LogP contribution in [-0.4, -0.2) is 31.6 Å². The Hall–Kier alpha value is -4.92. The SMILES string of the molecule is CNC(=O)c1ccc(-c2ccc3c(c2)nc(-c2ccoc2C)n3-c2ccc3c(c2)n(C)c(=O)n3C)cc1F. The van der Waals surface area contributed by atoms with Crippen molar-refractivity contribution in [3.05, 3.63) is 94.6 Å². The van der Waals surface area contributed by atoms with E-state index in [1.54, 1.807) is 35.6 Å². The number of amides is 1. The first-order valence-corrected chi connectivity index (χ1v) is 12.0. The number of hydrogen-bond donors (Lipinski definition) is 1. The highest BCUT2D eigenvalue weighted by molar-refractivity contribution is 5.95. The van der Waals surface area contributed by atoms with Crippen LogP contribution >= 0.6 is 0 Å². The summed E-state index contributed by atoms with van der Waals surface area (Å²) in [4.78, 5) is 29.4. The van der Waals surface area contributed by atoms with Crippen molar-refractivity contribution in [1.82, 2.24) is 24.0 Å². The van der Waals surface area contributed by atoms with E-state index in [0.717, 1.165) is 39.1 Å². The molecule has 3 aromatic heterocycles. The van der Waals surface area contributed by atoms with Crippen LogP contribution in [0.15, 0.2) is 76.1 Å². The molecular formula is C29H24FN5O3. The van der Waals surface area contributed by atoms with Crippen LogP contribution in [0.4, 0.5) is 4.39 Å². The van der Waals surface area contributed by atoms with Gasteiger partial charge in [-0.3, -0.25) is 18.5 Å². The van der Waals surface area contributed by atoms with Crippen LogP contribution in [0.3, 0.4) is 0 Å². The number of carbonyl (C=O) groups is 1. The van der Waals surface area contributed by atoms with Gasteiger partial charge in [-0.2, -0.15) is 0 Å². The number of halogens is 1. The molecule has 6 rings (SSSR count). The minimum Gasteiger partial charge on any atom is -0.469 e. The molecule has 0 unspecified atom stereocenters. The maximum atomic E-state index is 14.7. The van der Waals surface area contributed by atoms with E-state index in [9.17, 15) is 14.0 Å². The largest absolute Gasteiger partial charge is 0.469 e. The normalized spacial score (nSPS) is 11.5. The monoisotopic (exact) mass is 509 g/mol. The molecule has 1 N–H and O–H groups in total. The molecule has 8 nitrogen and oxygen atoms in total. The van der Waals surface area contributed by atoms with Crippen molar-refractivity contribution in [2.24, 2.45) is 14.1 Å². The Morgan fingerprint density at radius 3 is 2.34 bits per heavy atom. The Bertz CT molecular complexity index is 1960. The number of rotatable bonds is 4. The van der Waals surface area contributed by atoms with Gasteiger partial charge in [-0.25, -0.2) is 14.2 Å². The van der Waals surface area contributed by atoms with Crippen molar-refractivity contribution in [2.75, 3.05) is 7.05 Å². The molecule has 0 aliphatic rings. The molecule has 3 heterocycles. The third-order valence-corrected chi connectivity index (χ3v) is 7.04. The molecule has 0 saturated carbocycles. The van der Waals surface area contributed by atoms with Crippen LogP contribution < -0.4 is 11.0 Å². The fourth-order valence-corrected chi connectivity index (χ4v) is 4.97. The number of hydrogen-bond acceptors (Lipinski definition) is 4. The number of nitrogens with one attached hydrogen (secondary N) is 1. The summed E-state index contributed by atoms with van der Waals surface area (Å²) in [7, 11) is 4.97. The fraction of sp³-hybridized carbons (Fsp3) is 0.138. The highest BCUT2D eigenvalue weighted by Crippen LogP contribution is 2.34. The average molecular weight is 510 g/mol. The predicted molar refractivity (Wildman–Crippen MR) is 144 cm³/mol. The van der Waals surface area contributed by atoms with Crippen molar-refractivity contribution in [3.63, 3.8) is 0 Å². The summed E-state index contributed by atoms with van der Waals surface area (Å²) in [5, 5.41) is 2.45. The molecule has 0 aliphatic carbocycles. The highest BCUT2D eigenvalue weighted by atomic mass is 19.1. The van der Waals surface area contributed by atoms with Gasteiger partial charge >= 0.3 is 5.69 Å². The molecule has 38 heavy (non-hydrogen) atoms. The van der Waals surface area contributed by atoms with Gasteiger partial charge in [0.05, 0.1) is 39.5 Å². The lowest BCUT2D eigenvalue weighted by Crippen LogP contribution is -2.19. The zero-order valence-electron chi connectivity index (χ0n) is 21.2. The summed E-state index contributed by atoms with van der Waals surface area (Å²) in [5.74, 6) is 0.340. The number of furan rings is 1. The Morgan fingerprint density at radius 1 is 0.921 bits per heavy atom. The Labute approximate surface area is 216 Å². The first kappa shape index (κ1) is 23.5. The summed E-state index contributed by atoms with van der Waals surface area (Å²) in [6.45, 7) is 1.88. The van der Waals surface area contributed by atoms with Crippen LogP contribution in [0.25, 0.3) is 50.3 Å². The van der Waals surface area contributed by atoms with Crippen LogP contribution in [0, 0.1) is 12.7 Å². The molecule has 6 aromatic rings. The summed E-state index contributed by atoms with van der Waals surface area (Å²) < 4.78 is 25.5. The van der Waals surface area contributed by atoms with Gasteiger partial charge < -0.3 is 9.73 Å². The maximum absolute atomic E-state index is 14.7. The number of carbonyl (C=O) groups excluding carboxylic acids is 1. The highest BCUT2D eigenvalue weighted by Gasteiger charge is 2.20. The Kier molecular flexibility index (Phi) is 5.30. The zero-order valence-corrected chi connectivity index (χ0v) is 21.2. The van der Waals surface area contributed by atoms with Crippen LogP contribution in [0.5, 0.6) is 0 Å². The number of nitrogens with zero attached hydrogens (tertiary/aromatic N) is 4. The molecule has 0 saturated heterocycles. The molecular weight excluding hydrogens is 485 g/mol. The molecule has 1 amide bonds. The van der Waals surface area contributed by atoms with Gasteiger partial charge in [0.15, 0.2) is 0 Å². The second-order valence-corrected chi connectivity index (χ2v) is 9.21. The number of imidazole rings is 2. The smallest absolute Gasteiger partial charge is 0.328 e. The number of fused-ring (bicyclic) bond motifs is 2. The van der Waals surface area contributed by atoms with Gasteiger partial charge in [0, 0.05) is 26.8 Å². The fourth-order valence-electron chi connectivity index (χ4n) is 4.97. The maximum Gasteiger partial charge on any atom is 0.328 e. The third-order valence-electron chi connectivity index (χ3n) is 7.04. The first-order chi connectivity index (χ1) is 18.3. The van der Waals surface area contributed by atoms with E-state index in [0.29, 0.717) is 16.9 Å². The third kappa shape index (κ3) is 3.47. The van der Waals surface area contributed by atoms with Crippen molar-refractivity contribution in [2.45, 2.75) is 6.92 Å². The van der Waals surface area contributed by atoms with Crippen molar-refractivity contribution in [3.8, 4) is 28.2 Å². The quantitative estimate of drug-likeness (QED) is 0.364.